The molecule has 2 N–H and O–H groups in total. The van der Waals surface area contributed by atoms with E-state index in [4.69, 9.17) is 4.74 Å². The van der Waals surface area contributed by atoms with E-state index in [1.54, 1.807) is 24.3 Å². The van der Waals surface area contributed by atoms with Crippen LogP contribution in [-0.2, 0) is 4.74 Å². The highest BCUT2D eigenvalue weighted by atomic mass is 16.5. The molecule has 1 aromatic rings. The third-order valence-electron chi connectivity index (χ3n) is 3.91. The van der Waals surface area contributed by atoms with Crippen LogP contribution in [0.5, 0.6) is 0 Å². The fourth-order valence-corrected chi connectivity index (χ4v) is 2.19. The topological polar surface area (TPSA) is 90.5 Å². The lowest BCUT2D eigenvalue weighted by atomic mass is 9.72. The Balaban J connectivity index is 2.34. The Kier molecular flexibility index (Phi) is 3.86. The van der Waals surface area contributed by atoms with Gasteiger partial charge in [-0.25, -0.2) is 4.79 Å². The third-order valence-corrected chi connectivity index (χ3v) is 3.91. The SMILES string of the molecule is Cc1ccc(/C=C/[C@](C)(O)C2(C#N)COC2)c(C(=O)O)c1. The molecule has 0 aromatic heterocycles. The largest absolute Gasteiger partial charge is 0.478 e. The molecule has 21 heavy (non-hydrogen) atoms. The molecule has 2 rings (SSSR count). The standard InChI is InChI=1S/C16H17NO4/c1-11-3-4-12(13(7-11)14(18)19)5-6-15(2,20)16(8-17)9-21-10-16/h3-7,20H,9-10H2,1-2H3,(H,18,19)/b6-5+/t15-/m0/s1. The number of rotatable bonds is 4. The summed E-state index contributed by atoms with van der Waals surface area (Å²) in [4.78, 5) is 11.3. The molecule has 0 saturated carbocycles. The van der Waals surface area contributed by atoms with E-state index in [0.717, 1.165) is 5.56 Å². The van der Waals surface area contributed by atoms with Crippen molar-refractivity contribution in [3.05, 3.63) is 41.0 Å². The van der Waals surface area contributed by atoms with Crippen molar-refractivity contribution in [1.82, 2.24) is 0 Å². The minimum atomic E-state index is -1.39. The molecular formula is C16H17NO4. The van der Waals surface area contributed by atoms with Crippen LogP contribution in [0.1, 0.15) is 28.4 Å². The number of aryl methyl sites for hydroxylation is 1. The van der Waals surface area contributed by atoms with Gasteiger partial charge >= 0.3 is 5.97 Å². The molecule has 5 heteroatoms. The number of benzene rings is 1. The van der Waals surface area contributed by atoms with Crippen molar-refractivity contribution in [1.29, 1.82) is 5.26 Å². The highest BCUT2D eigenvalue weighted by Gasteiger charge is 2.52. The van der Waals surface area contributed by atoms with Gasteiger partial charge in [0.2, 0.25) is 0 Å². The van der Waals surface area contributed by atoms with Gasteiger partial charge in [0, 0.05) is 0 Å². The summed E-state index contributed by atoms with van der Waals surface area (Å²) in [7, 11) is 0. The van der Waals surface area contributed by atoms with Gasteiger partial charge in [-0.1, -0.05) is 29.8 Å². The Labute approximate surface area is 123 Å². The second-order valence-corrected chi connectivity index (χ2v) is 5.56. The summed E-state index contributed by atoms with van der Waals surface area (Å²) in [5.41, 5.74) is -0.866. The number of ether oxygens (including phenoxy) is 1. The van der Waals surface area contributed by atoms with Gasteiger partial charge in [0.25, 0.3) is 0 Å². The molecule has 1 fully saturated rings. The molecule has 1 aliphatic rings. The number of aromatic carboxylic acids is 1. The molecule has 5 nitrogen and oxygen atoms in total. The van der Waals surface area contributed by atoms with Crippen LogP contribution in [-0.4, -0.2) is 35.0 Å². The minimum absolute atomic E-state index is 0.165. The number of hydrogen-bond acceptors (Lipinski definition) is 4. The zero-order valence-electron chi connectivity index (χ0n) is 12.0. The Morgan fingerprint density at radius 1 is 1.52 bits per heavy atom. The molecule has 1 saturated heterocycles. The van der Waals surface area contributed by atoms with Crippen molar-refractivity contribution in [3.63, 3.8) is 0 Å². The number of aliphatic hydroxyl groups is 1. The van der Waals surface area contributed by atoms with Crippen molar-refractivity contribution >= 4 is 12.0 Å². The Morgan fingerprint density at radius 3 is 2.67 bits per heavy atom. The maximum Gasteiger partial charge on any atom is 0.336 e. The lowest BCUT2D eigenvalue weighted by Gasteiger charge is -2.44. The molecular weight excluding hydrogens is 270 g/mol. The average Bonchev–Trinajstić information content (AvgIpc) is 2.36. The maximum absolute atomic E-state index is 11.3. The van der Waals surface area contributed by atoms with Crippen molar-refractivity contribution in [2.45, 2.75) is 19.4 Å². The molecule has 1 aliphatic heterocycles. The Bertz CT molecular complexity index is 636. The number of nitriles is 1. The van der Waals surface area contributed by atoms with Gasteiger partial charge < -0.3 is 14.9 Å². The van der Waals surface area contributed by atoms with Gasteiger partial charge in [0.15, 0.2) is 0 Å². The molecule has 0 radical (unpaired) electrons. The number of hydrogen-bond donors (Lipinski definition) is 2. The fraction of sp³-hybridized carbons (Fsp3) is 0.375. The van der Waals surface area contributed by atoms with Gasteiger partial charge in [-0.3, -0.25) is 0 Å². The molecule has 110 valence electrons. The number of carbonyl (C=O) groups is 1. The van der Waals surface area contributed by atoms with E-state index in [-0.39, 0.29) is 18.8 Å². The summed E-state index contributed by atoms with van der Waals surface area (Å²) in [6.45, 7) is 3.68. The summed E-state index contributed by atoms with van der Waals surface area (Å²) in [5, 5.41) is 28.9. The zero-order valence-corrected chi connectivity index (χ0v) is 12.0. The monoisotopic (exact) mass is 287 g/mol. The van der Waals surface area contributed by atoms with Crippen LogP contribution in [0.3, 0.4) is 0 Å². The van der Waals surface area contributed by atoms with Gasteiger partial charge in [-0.05, 0) is 25.5 Å². The van der Waals surface area contributed by atoms with Crippen molar-refractivity contribution in [3.8, 4) is 6.07 Å². The normalized spacial score (nSPS) is 19.5. The third kappa shape index (κ3) is 2.68. The van der Waals surface area contributed by atoms with Crippen LogP contribution in [0.4, 0.5) is 0 Å². The van der Waals surface area contributed by atoms with Crippen LogP contribution in [0.25, 0.3) is 6.08 Å². The molecule has 0 unspecified atom stereocenters. The van der Waals surface area contributed by atoms with Crippen LogP contribution in [0.15, 0.2) is 24.3 Å². The van der Waals surface area contributed by atoms with Gasteiger partial charge in [-0.2, -0.15) is 5.26 Å². The zero-order chi connectivity index (χ0) is 15.7. The first-order valence-corrected chi connectivity index (χ1v) is 6.56. The van der Waals surface area contributed by atoms with Gasteiger partial charge in [0.1, 0.15) is 11.0 Å². The van der Waals surface area contributed by atoms with Crippen molar-refractivity contribution in [2.75, 3.05) is 13.2 Å². The predicted octanol–water partition coefficient (Wildman–Crippen LogP) is 2.00. The summed E-state index contributed by atoms with van der Waals surface area (Å²) in [6, 6.07) is 7.15. The Morgan fingerprint density at radius 2 is 2.19 bits per heavy atom. The molecule has 0 spiro atoms. The molecule has 0 aliphatic carbocycles. The second kappa shape index (κ2) is 5.32. The lowest BCUT2D eigenvalue weighted by molar-refractivity contribution is -0.162. The first-order chi connectivity index (χ1) is 9.81. The Hall–Kier alpha value is -2.16. The average molecular weight is 287 g/mol. The number of carboxylic acid groups (broad SMARTS) is 1. The minimum Gasteiger partial charge on any atom is -0.478 e. The van der Waals surface area contributed by atoms with E-state index in [1.807, 2.05) is 6.92 Å². The number of carboxylic acids is 1. The maximum atomic E-state index is 11.3. The van der Waals surface area contributed by atoms with E-state index in [0.29, 0.717) is 5.56 Å². The molecule has 1 atom stereocenters. The van der Waals surface area contributed by atoms with Crippen molar-refractivity contribution < 1.29 is 19.7 Å². The van der Waals surface area contributed by atoms with Crippen LogP contribution in [0.2, 0.25) is 0 Å². The van der Waals surface area contributed by atoms with E-state index in [9.17, 15) is 20.3 Å². The quantitative estimate of drug-likeness (QED) is 0.883. The smallest absolute Gasteiger partial charge is 0.336 e. The van der Waals surface area contributed by atoms with Gasteiger partial charge in [0.05, 0.1) is 24.8 Å². The van der Waals surface area contributed by atoms with Crippen LogP contribution < -0.4 is 0 Å². The lowest BCUT2D eigenvalue weighted by Crippen LogP contribution is -2.56. The molecule has 0 bridgehead atoms. The van der Waals surface area contributed by atoms with E-state index in [2.05, 4.69) is 6.07 Å². The van der Waals surface area contributed by atoms with Crippen molar-refractivity contribution in [2.24, 2.45) is 5.41 Å². The number of nitrogens with zero attached hydrogens (tertiary/aromatic N) is 1. The summed E-state index contributed by atoms with van der Waals surface area (Å²) < 4.78 is 5.03. The van der Waals surface area contributed by atoms with E-state index < -0.39 is 17.0 Å². The van der Waals surface area contributed by atoms with Crippen LogP contribution in [0, 0.1) is 23.7 Å². The fourth-order valence-electron chi connectivity index (χ4n) is 2.19. The second-order valence-electron chi connectivity index (χ2n) is 5.56. The summed E-state index contributed by atoms with van der Waals surface area (Å²) in [5.74, 6) is -1.03. The summed E-state index contributed by atoms with van der Waals surface area (Å²) in [6.07, 6.45) is 3.01. The summed E-state index contributed by atoms with van der Waals surface area (Å²) >= 11 is 0. The molecule has 1 heterocycles. The highest BCUT2D eigenvalue weighted by molar-refractivity contribution is 5.92. The van der Waals surface area contributed by atoms with Gasteiger partial charge in [-0.15, -0.1) is 0 Å². The first-order valence-electron chi connectivity index (χ1n) is 6.56. The predicted molar refractivity (Wildman–Crippen MR) is 76.7 cm³/mol. The highest BCUT2D eigenvalue weighted by Crippen LogP contribution is 2.39. The van der Waals surface area contributed by atoms with E-state index >= 15 is 0 Å². The van der Waals surface area contributed by atoms with Crippen LogP contribution >= 0.6 is 0 Å². The van der Waals surface area contributed by atoms with E-state index in [1.165, 1.54) is 13.0 Å². The molecule has 1 aromatic carbocycles. The molecule has 0 amide bonds. The first kappa shape index (κ1) is 15.2.